The molecule has 4 N–H and O–H groups in total. The molecular weight excluding hydrogens is 526 g/mol. The number of aromatic nitrogens is 5. The Balaban J connectivity index is 1.09. The van der Waals surface area contributed by atoms with Gasteiger partial charge in [0, 0.05) is 48.7 Å². The zero-order valence-corrected chi connectivity index (χ0v) is 23.2. The molecule has 0 bridgehead atoms. The second-order valence-electron chi connectivity index (χ2n) is 10.9. The topological polar surface area (TPSA) is 146 Å². The number of rotatable bonds is 5. The monoisotopic (exact) mass is 557 g/mol. The number of carbonyl (C=O) groups is 2. The predicted octanol–water partition coefficient (Wildman–Crippen LogP) is 3.42. The minimum Gasteiger partial charge on any atom is -0.368 e. The zero-order chi connectivity index (χ0) is 27.9. The van der Waals surface area contributed by atoms with E-state index in [0.29, 0.717) is 53.5 Å². The number of nitrogens with one attached hydrogen (secondary N) is 2. The minimum atomic E-state index is -0.369. The molecule has 0 saturated carbocycles. The van der Waals surface area contributed by atoms with Crippen molar-refractivity contribution >= 4 is 34.2 Å². The van der Waals surface area contributed by atoms with E-state index in [-0.39, 0.29) is 29.6 Å². The van der Waals surface area contributed by atoms with Crippen LogP contribution < -0.4 is 11.1 Å². The summed E-state index contributed by atoms with van der Waals surface area (Å²) in [5.74, 6) is -0.125. The molecule has 3 aromatic rings. The molecule has 0 aromatic carbocycles. The molecule has 1 saturated heterocycles. The largest absolute Gasteiger partial charge is 0.368 e. The first-order valence-corrected chi connectivity index (χ1v) is 14.2. The highest BCUT2D eigenvalue weighted by Crippen LogP contribution is 2.42. The number of fused-ring (bicyclic) bond motifs is 3. The lowest BCUT2D eigenvalue weighted by molar-refractivity contribution is -0.131. The smallest absolute Gasteiger partial charge is 0.275 e. The Kier molecular flexibility index (Phi) is 6.70. The summed E-state index contributed by atoms with van der Waals surface area (Å²) in [4.78, 5) is 43.4. The normalized spacial score (nSPS) is 17.9. The molecule has 5 heterocycles. The second-order valence-corrected chi connectivity index (χ2v) is 11.7. The van der Waals surface area contributed by atoms with Crippen molar-refractivity contribution in [1.29, 1.82) is 0 Å². The number of hydrogen-bond acceptors (Lipinski definition) is 9. The van der Waals surface area contributed by atoms with Gasteiger partial charge in [0.05, 0.1) is 17.8 Å². The van der Waals surface area contributed by atoms with Gasteiger partial charge in [-0.25, -0.2) is 15.0 Å². The number of H-pyrrole nitrogens is 1. The molecule has 2 amide bonds. The lowest BCUT2D eigenvalue weighted by Crippen LogP contribution is -2.44. The highest BCUT2D eigenvalue weighted by molar-refractivity contribution is 7.14. The summed E-state index contributed by atoms with van der Waals surface area (Å²) >= 11 is 1.30. The number of amides is 2. The minimum absolute atomic E-state index is 0.0505. The van der Waals surface area contributed by atoms with Crippen molar-refractivity contribution in [3.63, 3.8) is 0 Å². The lowest BCUT2D eigenvalue weighted by atomic mass is 9.73. The summed E-state index contributed by atoms with van der Waals surface area (Å²) in [6, 6.07) is 0.383. The van der Waals surface area contributed by atoms with Crippen LogP contribution in [0.15, 0.2) is 48.3 Å². The Morgan fingerprint density at radius 1 is 1.12 bits per heavy atom. The van der Waals surface area contributed by atoms with E-state index in [1.165, 1.54) is 11.3 Å². The molecule has 12 heteroatoms. The Morgan fingerprint density at radius 2 is 1.88 bits per heavy atom. The fourth-order valence-electron chi connectivity index (χ4n) is 5.66. The number of hydrogen-bond donors (Lipinski definition) is 3. The van der Waals surface area contributed by atoms with Crippen molar-refractivity contribution in [2.75, 3.05) is 24.1 Å². The Morgan fingerprint density at radius 3 is 2.62 bits per heavy atom. The number of carbonyl (C=O) groups excluding carboxylic acids is 2. The van der Waals surface area contributed by atoms with E-state index < -0.39 is 0 Å². The van der Waals surface area contributed by atoms with E-state index >= 15 is 0 Å². The number of likely N-dealkylation sites (tertiary alicyclic amines) is 1. The lowest BCUT2D eigenvalue weighted by Gasteiger charge is -2.36. The van der Waals surface area contributed by atoms with Gasteiger partial charge in [-0.15, -0.1) is 11.3 Å². The predicted molar refractivity (Wildman–Crippen MR) is 153 cm³/mol. The van der Waals surface area contributed by atoms with E-state index in [0.717, 1.165) is 24.0 Å². The number of anilines is 2. The molecule has 3 aromatic heterocycles. The van der Waals surface area contributed by atoms with Crippen LogP contribution in [0.2, 0.25) is 0 Å². The van der Waals surface area contributed by atoms with Gasteiger partial charge in [0.1, 0.15) is 11.4 Å². The van der Waals surface area contributed by atoms with Crippen LogP contribution in [0, 0.1) is 0 Å². The Labute approximate surface area is 235 Å². The molecule has 0 atom stereocenters. The van der Waals surface area contributed by atoms with Crippen molar-refractivity contribution in [2.45, 2.75) is 51.0 Å². The third-order valence-electron chi connectivity index (χ3n) is 7.60. The van der Waals surface area contributed by atoms with Gasteiger partial charge in [-0.2, -0.15) is 5.10 Å². The first kappa shape index (κ1) is 25.9. The van der Waals surface area contributed by atoms with Crippen LogP contribution in [0.25, 0.3) is 11.4 Å². The number of nitrogens with two attached hydrogens (primary N) is 1. The van der Waals surface area contributed by atoms with Crippen LogP contribution in [0.4, 0.5) is 11.1 Å². The summed E-state index contributed by atoms with van der Waals surface area (Å²) in [6.07, 6.45) is 16.6. The van der Waals surface area contributed by atoms with Gasteiger partial charge < -0.3 is 15.5 Å². The van der Waals surface area contributed by atoms with Crippen LogP contribution in [0.5, 0.6) is 0 Å². The maximum absolute atomic E-state index is 13.3. The third-order valence-corrected chi connectivity index (χ3v) is 8.41. The van der Waals surface area contributed by atoms with Gasteiger partial charge in [0.25, 0.3) is 5.91 Å². The van der Waals surface area contributed by atoms with Crippen LogP contribution in [-0.4, -0.2) is 65.9 Å². The van der Waals surface area contributed by atoms with Gasteiger partial charge in [-0.1, -0.05) is 26.0 Å². The number of piperidine rings is 1. The highest BCUT2D eigenvalue weighted by Gasteiger charge is 2.38. The van der Waals surface area contributed by atoms with Crippen molar-refractivity contribution in [3.8, 4) is 11.4 Å². The molecule has 3 aliphatic rings. The molecule has 11 nitrogen and oxygen atoms in total. The summed E-state index contributed by atoms with van der Waals surface area (Å²) in [6.45, 7) is 5.55. The third kappa shape index (κ3) is 5.02. The molecular formula is C28H31N9O2S. The Hall–Kier alpha value is -4.32. The molecule has 0 radical (unpaired) electrons. The molecule has 1 fully saturated rings. The average molecular weight is 558 g/mol. The number of nitrogens with zero attached hydrogens (tertiary/aromatic N) is 6. The highest BCUT2D eigenvalue weighted by atomic mass is 32.1. The summed E-state index contributed by atoms with van der Waals surface area (Å²) in [7, 11) is 0. The van der Waals surface area contributed by atoms with Crippen LogP contribution >= 0.6 is 11.3 Å². The molecule has 2 aliphatic heterocycles. The van der Waals surface area contributed by atoms with Crippen LogP contribution in [0.1, 0.15) is 54.0 Å². The molecule has 0 spiro atoms. The zero-order valence-electron chi connectivity index (χ0n) is 22.4. The van der Waals surface area contributed by atoms with Gasteiger partial charge in [-0.3, -0.25) is 20.0 Å². The van der Waals surface area contributed by atoms with Crippen molar-refractivity contribution < 1.29 is 9.59 Å². The molecule has 0 unspecified atom stereocenters. The number of nitrogen functional groups attached to an aromatic ring is 1. The first-order chi connectivity index (χ1) is 19.3. The fourth-order valence-corrected chi connectivity index (χ4v) is 6.37. The number of allylic oxidation sites excluding steroid dienone is 4. The summed E-state index contributed by atoms with van der Waals surface area (Å²) in [5, 5.41) is 12.5. The van der Waals surface area contributed by atoms with Crippen LogP contribution in [0.3, 0.4) is 0 Å². The maximum Gasteiger partial charge on any atom is 0.275 e. The second kappa shape index (κ2) is 10.3. The van der Waals surface area contributed by atoms with Gasteiger partial charge in [-0.05, 0) is 42.4 Å². The van der Waals surface area contributed by atoms with Crippen molar-refractivity contribution in [2.24, 2.45) is 0 Å². The molecule has 6 rings (SSSR count). The summed E-state index contributed by atoms with van der Waals surface area (Å²) < 4.78 is 0. The van der Waals surface area contributed by atoms with Crippen molar-refractivity contribution in [3.05, 3.63) is 70.8 Å². The number of aromatic amines is 1. The van der Waals surface area contributed by atoms with E-state index in [2.05, 4.69) is 61.6 Å². The molecule has 40 heavy (non-hydrogen) atoms. The quantitative estimate of drug-likeness (QED) is 0.433. The molecule has 1 aliphatic carbocycles. The summed E-state index contributed by atoms with van der Waals surface area (Å²) in [5.41, 5.74) is 9.44. The maximum atomic E-state index is 13.3. The van der Waals surface area contributed by atoms with E-state index in [4.69, 9.17) is 5.73 Å². The average Bonchev–Trinajstić information content (AvgIpc) is 3.49. The fraction of sp³-hybridized carbons (Fsp3) is 0.357. The van der Waals surface area contributed by atoms with Gasteiger partial charge in [0.15, 0.2) is 5.13 Å². The van der Waals surface area contributed by atoms with E-state index in [9.17, 15) is 9.59 Å². The standard InChI is InChI=1S/C28H31N9O2S/c1-28(2)14-17-15-30-26(29)32-22(17)23-21(28)24(35-34-23)25(39)33-27-31-18(16-40-27)13-20(38)37-11-7-19(8-12-37)36-9-5-3-4-6-10-36/h3-6,9-10,15-16,19H,7-8,11-14H2,1-2H3,(H,34,35)(H2,29,30,32)(H,31,33,39). The molecule has 206 valence electrons. The van der Waals surface area contributed by atoms with E-state index in [1.54, 1.807) is 6.20 Å². The SMILES string of the molecule is CC1(C)Cc2cnc(N)nc2-c2n[nH]c(C(=O)Nc3nc(CC(=O)N4CCC(N5C=CC=CC=C5)CC4)cs3)c21. The van der Waals surface area contributed by atoms with Crippen LogP contribution in [-0.2, 0) is 23.1 Å². The first-order valence-electron chi connectivity index (χ1n) is 13.3. The van der Waals surface area contributed by atoms with Gasteiger partial charge >= 0.3 is 0 Å². The van der Waals surface area contributed by atoms with Crippen molar-refractivity contribution in [1.82, 2.24) is 34.9 Å². The number of thiazole rings is 1. The van der Waals surface area contributed by atoms with Gasteiger partial charge in [0.2, 0.25) is 11.9 Å². The van der Waals surface area contributed by atoms with E-state index in [1.807, 2.05) is 34.6 Å². The Bertz CT molecular complexity index is 1530.